The number of nitrogens with two attached hydrogens (primary N) is 1. The van der Waals surface area contributed by atoms with E-state index in [0.29, 0.717) is 12.4 Å². The largest absolute Gasteiger partial charge is 0.387 e. The van der Waals surface area contributed by atoms with Crippen molar-refractivity contribution in [2.24, 2.45) is 5.73 Å². The van der Waals surface area contributed by atoms with Crippen LogP contribution in [0, 0.1) is 6.92 Å². The Hall–Kier alpha value is -1.30. The molecule has 0 spiro atoms. The molecule has 104 valence electrons. The maximum absolute atomic E-state index is 5.85. The first-order chi connectivity index (χ1) is 9.65. The molecule has 20 heavy (non-hydrogen) atoms. The van der Waals surface area contributed by atoms with Crippen LogP contribution in [0.2, 0.25) is 0 Å². The van der Waals surface area contributed by atoms with E-state index in [4.69, 9.17) is 10.6 Å². The zero-order valence-corrected chi connectivity index (χ0v) is 13.4. The number of rotatable bonds is 3. The van der Waals surface area contributed by atoms with E-state index in [1.807, 2.05) is 29.3 Å². The molecule has 0 bridgehead atoms. The molecule has 1 aromatic carbocycles. The molecule has 3 rings (SSSR count). The van der Waals surface area contributed by atoms with Gasteiger partial charge in [-0.3, -0.25) is 0 Å². The molecule has 1 atom stereocenters. The Morgan fingerprint density at radius 2 is 2.15 bits per heavy atom. The van der Waals surface area contributed by atoms with E-state index in [1.165, 1.54) is 16.0 Å². The molecule has 1 unspecified atom stereocenters. The zero-order valence-electron chi connectivity index (χ0n) is 11.0. The Balaban J connectivity index is 1.86. The number of nitrogens with zero attached hydrogens (tertiary/aromatic N) is 1. The van der Waals surface area contributed by atoms with E-state index in [1.54, 1.807) is 11.3 Å². The molecule has 0 saturated carbocycles. The summed E-state index contributed by atoms with van der Waals surface area (Å²) in [6, 6.07) is 10.4. The maximum atomic E-state index is 5.85. The Morgan fingerprint density at radius 3 is 2.85 bits per heavy atom. The molecule has 0 saturated heterocycles. The minimum atomic E-state index is 0.0853. The molecular weight excluding hydrogens is 336 g/mol. The zero-order chi connectivity index (χ0) is 14.1. The fraction of sp³-hybridized carbons (Fsp3) is 0.200. The van der Waals surface area contributed by atoms with Crippen LogP contribution in [0.3, 0.4) is 0 Å². The van der Waals surface area contributed by atoms with E-state index in [2.05, 4.69) is 40.4 Å². The third kappa shape index (κ3) is 2.61. The highest BCUT2D eigenvalue weighted by molar-refractivity contribution is 9.10. The molecule has 1 aliphatic rings. The number of thiophene rings is 1. The van der Waals surface area contributed by atoms with Crippen molar-refractivity contribution in [2.45, 2.75) is 19.5 Å². The molecule has 3 nitrogen and oxygen atoms in total. The number of aryl methyl sites for hydroxylation is 1. The molecule has 0 fully saturated rings. The third-order valence-electron chi connectivity index (χ3n) is 3.31. The average molecular weight is 351 g/mol. The normalized spacial score (nSPS) is 18.9. The van der Waals surface area contributed by atoms with Gasteiger partial charge >= 0.3 is 0 Å². The van der Waals surface area contributed by atoms with Gasteiger partial charge in [-0.15, -0.1) is 16.4 Å². The monoisotopic (exact) mass is 350 g/mol. The van der Waals surface area contributed by atoms with Crippen LogP contribution < -0.4 is 5.73 Å². The van der Waals surface area contributed by atoms with E-state index in [-0.39, 0.29) is 6.04 Å². The van der Waals surface area contributed by atoms with Crippen LogP contribution in [0.4, 0.5) is 0 Å². The summed E-state index contributed by atoms with van der Waals surface area (Å²) in [7, 11) is 0. The lowest BCUT2D eigenvalue weighted by atomic mass is 10.1. The predicted molar refractivity (Wildman–Crippen MR) is 84.8 cm³/mol. The average Bonchev–Trinajstić information content (AvgIpc) is 2.98. The summed E-state index contributed by atoms with van der Waals surface area (Å²) in [6.45, 7) is 2.80. The van der Waals surface area contributed by atoms with Gasteiger partial charge in [0.1, 0.15) is 6.04 Å². The SMILES string of the molecule is Cc1ccsc1C1C=C(N)ON1Cc1ccccc1Br. The number of hydrogen-bond donors (Lipinski definition) is 1. The molecule has 2 N–H and O–H groups in total. The summed E-state index contributed by atoms with van der Waals surface area (Å²) < 4.78 is 1.08. The number of hydroxylamine groups is 2. The van der Waals surface area contributed by atoms with Gasteiger partial charge in [-0.25, -0.2) is 0 Å². The molecule has 0 aliphatic carbocycles. The van der Waals surface area contributed by atoms with Gasteiger partial charge < -0.3 is 10.6 Å². The first-order valence-electron chi connectivity index (χ1n) is 6.34. The minimum Gasteiger partial charge on any atom is -0.387 e. The van der Waals surface area contributed by atoms with Crippen molar-refractivity contribution in [3.05, 3.63) is 68.1 Å². The van der Waals surface area contributed by atoms with Gasteiger partial charge in [0.15, 0.2) is 0 Å². The van der Waals surface area contributed by atoms with Crippen LogP contribution in [0.25, 0.3) is 0 Å². The predicted octanol–water partition coefficient (Wildman–Crippen LogP) is 4.11. The molecule has 5 heteroatoms. The van der Waals surface area contributed by atoms with E-state index < -0.39 is 0 Å². The highest BCUT2D eigenvalue weighted by Crippen LogP contribution is 2.36. The van der Waals surface area contributed by atoms with Crippen LogP contribution >= 0.6 is 27.3 Å². The van der Waals surface area contributed by atoms with Crippen molar-refractivity contribution >= 4 is 27.3 Å². The second-order valence-corrected chi connectivity index (χ2v) is 6.54. The first kappa shape index (κ1) is 13.7. The molecule has 2 heterocycles. The molecule has 1 aromatic heterocycles. The van der Waals surface area contributed by atoms with Crippen molar-refractivity contribution < 1.29 is 4.84 Å². The van der Waals surface area contributed by atoms with Crippen LogP contribution in [0.5, 0.6) is 0 Å². The van der Waals surface area contributed by atoms with Crippen LogP contribution in [0.15, 0.2) is 52.1 Å². The summed E-state index contributed by atoms with van der Waals surface area (Å²) in [5, 5.41) is 4.03. The first-order valence-corrected chi connectivity index (χ1v) is 8.01. The van der Waals surface area contributed by atoms with Gasteiger partial charge in [0.2, 0.25) is 5.88 Å². The lowest BCUT2D eigenvalue weighted by Crippen LogP contribution is -2.23. The van der Waals surface area contributed by atoms with Crippen LogP contribution in [-0.2, 0) is 11.4 Å². The third-order valence-corrected chi connectivity index (χ3v) is 5.17. The van der Waals surface area contributed by atoms with Crippen molar-refractivity contribution in [2.75, 3.05) is 0 Å². The molecule has 1 aliphatic heterocycles. The Morgan fingerprint density at radius 1 is 1.35 bits per heavy atom. The van der Waals surface area contributed by atoms with Crippen molar-refractivity contribution in [1.82, 2.24) is 5.06 Å². The van der Waals surface area contributed by atoms with Gasteiger partial charge in [0.25, 0.3) is 0 Å². The highest BCUT2D eigenvalue weighted by atomic mass is 79.9. The second-order valence-electron chi connectivity index (χ2n) is 4.74. The lowest BCUT2D eigenvalue weighted by Gasteiger charge is -2.23. The minimum absolute atomic E-state index is 0.0853. The molecular formula is C15H15BrN2OS. The number of hydrogen-bond acceptors (Lipinski definition) is 4. The van der Waals surface area contributed by atoms with Gasteiger partial charge in [-0.05, 0) is 35.6 Å². The van der Waals surface area contributed by atoms with E-state index in [9.17, 15) is 0 Å². The standard InChI is InChI=1S/C15H15BrN2OS/c1-10-6-7-20-15(10)13-8-14(17)19-18(13)9-11-4-2-3-5-12(11)16/h2-8,13H,9,17H2,1H3. The number of halogens is 1. The summed E-state index contributed by atoms with van der Waals surface area (Å²) in [4.78, 5) is 6.95. The summed E-state index contributed by atoms with van der Waals surface area (Å²) >= 11 is 5.31. The van der Waals surface area contributed by atoms with Crippen LogP contribution in [0.1, 0.15) is 22.0 Å². The van der Waals surface area contributed by atoms with Gasteiger partial charge in [0.05, 0.1) is 6.54 Å². The van der Waals surface area contributed by atoms with E-state index >= 15 is 0 Å². The lowest BCUT2D eigenvalue weighted by molar-refractivity contribution is -0.127. The Labute approximate surface area is 130 Å². The number of benzene rings is 1. The fourth-order valence-electron chi connectivity index (χ4n) is 2.28. The summed E-state index contributed by atoms with van der Waals surface area (Å²) in [5.41, 5.74) is 8.30. The molecule has 2 aromatic rings. The second kappa shape index (κ2) is 5.60. The van der Waals surface area contributed by atoms with Crippen molar-refractivity contribution in [3.8, 4) is 0 Å². The Kier molecular flexibility index (Phi) is 3.83. The summed E-state index contributed by atoms with van der Waals surface area (Å²) in [6.07, 6.45) is 1.97. The summed E-state index contributed by atoms with van der Waals surface area (Å²) in [5.74, 6) is 0.467. The van der Waals surface area contributed by atoms with Crippen molar-refractivity contribution in [1.29, 1.82) is 0 Å². The van der Waals surface area contributed by atoms with Gasteiger partial charge in [-0.1, -0.05) is 34.1 Å². The highest BCUT2D eigenvalue weighted by Gasteiger charge is 2.29. The van der Waals surface area contributed by atoms with E-state index in [0.717, 1.165) is 4.47 Å². The van der Waals surface area contributed by atoms with Crippen molar-refractivity contribution in [3.63, 3.8) is 0 Å². The fourth-order valence-corrected chi connectivity index (χ4v) is 3.69. The Bertz CT molecular complexity index is 653. The molecule has 0 radical (unpaired) electrons. The smallest absolute Gasteiger partial charge is 0.207 e. The maximum Gasteiger partial charge on any atom is 0.207 e. The topological polar surface area (TPSA) is 38.5 Å². The van der Waals surface area contributed by atoms with Gasteiger partial charge in [0, 0.05) is 15.4 Å². The van der Waals surface area contributed by atoms with Crippen LogP contribution in [-0.4, -0.2) is 5.06 Å². The van der Waals surface area contributed by atoms with Gasteiger partial charge in [-0.2, -0.15) is 0 Å². The molecule has 0 amide bonds. The quantitative estimate of drug-likeness (QED) is 0.905.